The van der Waals surface area contributed by atoms with E-state index in [0.29, 0.717) is 11.6 Å². The molecule has 5 heteroatoms. The Morgan fingerprint density at radius 2 is 2.18 bits per heavy atom. The summed E-state index contributed by atoms with van der Waals surface area (Å²) in [6.45, 7) is 0. The van der Waals surface area contributed by atoms with Crippen molar-refractivity contribution < 1.29 is 4.74 Å². The summed E-state index contributed by atoms with van der Waals surface area (Å²) in [6.07, 6.45) is 3.37. The monoisotopic (exact) mass is 247 g/mol. The number of hydrogen-bond acceptors (Lipinski definition) is 5. The van der Waals surface area contributed by atoms with Gasteiger partial charge < -0.3 is 10.5 Å². The van der Waals surface area contributed by atoms with Gasteiger partial charge in [0.1, 0.15) is 0 Å². The maximum Gasteiger partial charge on any atom is 0.217 e. The topological polar surface area (TPSA) is 61.0 Å². The van der Waals surface area contributed by atoms with Gasteiger partial charge in [-0.1, -0.05) is 6.07 Å². The summed E-state index contributed by atoms with van der Waals surface area (Å²) in [6, 6.07) is 7.64. The van der Waals surface area contributed by atoms with E-state index in [2.05, 4.69) is 9.97 Å². The van der Waals surface area contributed by atoms with Gasteiger partial charge in [-0.2, -0.15) is 0 Å². The van der Waals surface area contributed by atoms with E-state index in [1.807, 2.05) is 24.3 Å². The van der Waals surface area contributed by atoms with Crippen LogP contribution < -0.4 is 10.5 Å². The number of pyridine rings is 2. The van der Waals surface area contributed by atoms with E-state index in [0.717, 1.165) is 16.3 Å². The quantitative estimate of drug-likeness (QED) is 0.840. The lowest BCUT2D eigenvalue weighted by molar-refractivity contribution is 0.394. The predicted octanol–water partition coefficient (Wildman–Crippen LogP) is 2.36. The summed E-state index contributed by atoms with van der Waals surface area (Å²) in [5.41, 5.74) is 7.31. The molecule has 0 aliphatic heterocycles. The number of thioether (sulfide) groups is 1. The van der Waals surface area contributed by atoms with Gasteiger partial charge in [0, 0.05) is 17.5 Å². The van der Waals surface area contributed by atoms with E-state index in [-0.39, 0.29) is 0 Å². The van der Waals surface area contributed by atoms with Crippen molar-refractivity contribution in [2.45, 2.75) is 10.8 Å². The molecule has 88 valence electrons. The third kappa shape index (κ3) is 3.10. The lowest BCUT2D eigenvalue weighted by atomic mass is 10.3. The van der Waals surface area contributed by atoms with Crippen LogP contribution in [0.25, 0.3) is 0 Å². The molecule has 0 bridgehead atoms. The summed E-state index contributed by atoms with van der Waals surface area (Å²) in [4.78, 5) is 8.37. The Hall–Kier alpha value is -1.75. The van der Waals surface area contributed by atoms with Crippen LogP contribution in [0.3, 0.4) is 0 Å². The fourth-order valence-corrected chi connectivity index (χ4v) is 2.16. The molecule has 2 aromatic heterocycles. The Morgan fingerprint density at radius 1 is 1.29 bits per heavy atom. The maximum atomic E-state index is 5.58. The Kier molecular flexibility index (Phi) is 3.82. The molecule has 2 aromatic rings. The Labute approximate surface area is 104 Å². The molecule has 4 nitrogen and oxygen atoms in total. The highest BCUT2D eigenvalue weighted by atomic mass is 32.2. The molecule has 0 unspecified atom stereocenters. The predicted molar refractivity (Wildman–Crippen MR) is 69.0 cm³/mol. The minimum absolute atomic E-state index is 0.662. The molecule has 0 aromatic carbocycles. The second-order valence-electron chi connectivity index (χ2n) is 3.39. The minimum atomic E-state index is 0.662. The number of methoxy groups -OCH3 is 1. The number of ether oxygens (including phenoxy) is 1. The maximum absolute atomic E-state index is 5.58. The van der Waals surface area contributed by atoms with Crippen molar-refractivity contribution in [1.29, 1.82) is 0 Å². The number of rotatable bonds is 4. The van der Waals surface area contributed by atoms with E-state index >= 15 is 0 Å². The van der Waals surface area contributed by atoms with E-state index in [9.17, 15) is 0 Å². The normalized spacial score (nSPS) is 10.2. The van der Waals surface area contributed by atoms with Gasteiger partial charge in [-0.05, 0) is 18.2 Å². The van der Waals surface area contributed by atoms with Crippen molar-refractivity contribution in [2.24, 2.45) is 0 Å². The first-order valence-electron chi connectivity index (χ1n) is 5.12. The van der Waals surface area contributed by atoms with E-state index in [1.54, 1.807) is 31.3 Å². The third-order valence-corrected chi connectivity index (χ3v) is 3.17. The summed E-state index contributed by atoms with van der Waals surface area (Å²) in [5, 5.41) is 0.935. The molecule has 0 saturated heterocycles. The van der Waals surface area contributed by atoms with Crippen LogP contribution in [0.1, 0.15) is 5.56 Å². The van der Waals surface area contributed by atoms with Gasteiger partial charge in [0.15, 0.2) is 0 Å². The number of anilines is 1. The number of nitrogens with two attached hydrogens (primary N) is 1. The van der Waals surface area contributed by atoms with E-state index < -0.39 is 0 Å². The second-order valence-corrected chi connectivity index (χ2v) is 4.39. The fourth-order valence-electron chi connectivity index (χ4n) is 1.35. The zero-order chi connectivity index (χ0) is 12.1. The molecule has 0 fully saturated rings. The molecule has 17 heavy (non-hydrogen) atoms. The van der Waals surface area contributed by atoms with Gasteiger partial charge in [0.05, 0.1) is 24.0 Å². The molecular formula is C12H13N3OS. The molecule has 0 amide bonds. The SMILES string of the molecule is COc1ncccc1CSc1ccc(N)cn1. The lowest BCUT2D eigenvalue weighted by Crippen LogP contribution is -1.93. The van der Waals surface area contributed by atoms with Gasteiger partial charge in [-0.3, -0.25) is 0 Å². The fraction of sp³-hybridized carbons (Fsp3) is 0.167. The van der Waals surface area contributed by atoms with Crippen LogP contribution in [0, 0.1) is 0 Å². The number of hydrogen-bond donors (Lipinski definition) is 1. The smallest absolute Gasteiger partial charge is 0.217 e. The summed E-state index contributed by atoms with van der Waals surface area (Å²) in [7, 11) is 1.62. The lowest BCUT2D eigenvalue weighted by Gasteiger charge is -2.06. The van der Waals surface area contributed by atoms with Crippen LogP contribution in [0.2, 0.25) is 0 Å². The average molecular weight is 247 g/mol. The van der Waals surface area contributed by atoms with Gasteiger partial charge >= 0.3 is 0 Å². The molecule has 0 aliphatic rings. The minimum Gasteiger partial charge on any atom is -0.481 e. The first-order chi connectivity index (χ1) is 8.29. The Balaban J connectivity index is 2.04. The van der Waals surface area contributed by atoms with Crippen LogP contribution in [0.5, 0.6) is 5.88 Å². The summed E-state index contributed by atoms with van der Waals surface area (Å²) in [5.74, 6) is 1.43. The molecule has 0 spiro atoms. The standard InChI is InChI=1S/C12H13N3OS/c1-16-12-9(3-2-6-14-12)8-17-11-5-4-10(13)7-15-11/h2-7H,8,13H2,1H3. The van der Waals surface area contributed by atoms with Crippen LogP contribution in [0.4, 0.5) is 5.69 Å². The van der Waals surface area contributed by atoms with Gasteiger partial charge in [-0.25, -0.2) is 9.97 Å². The zero-order valence-corrected chi connectivity index (χ0v) is 10.3. The molecule has 0 atom stereocenters. The van der Waals surface area contributed by atoms with Crippen LogP contribution in [0.15, 0.2) is 41.7 Å². The zero-order valence-electron chi connectivity index (χ0n) is 9.46. The van der Waals surface area contributed by atoms with E-state index in [1.165, 1.54) is 0 Å². The van der Waals surface area contributed by atoms with Crippen molar-refractivity contribution in [3.05, 3.63) is 42.2 Å². The second kappa shape index (κ2) is 5.54. The number of nitrogen functional groups attached to an aromatic ring is 1. The summed E-state index contributed by atoms with van der Waals surface area (Å²) >= 11 is 1.63. The van der Waals surface area contributed by atoms with Crippen LogP contribution in [-0.4, -0.2) is 17.1 Å². The largest absolute Gasteiger partial charge is 0.481 e. The van der Waals surface area contributed by atoms with Crippen LogP contribution >= 0.6 is 11.8 Å². The van der Waals surface area contributed by atoms with Crippen molar-refractivity contribution in [1.82, 2.24) is 9.97 Å². The van der Waals surface area contributed by atoms with Crippen molar-refractivity contribution >= 4 is 17.4 Å². The highest BCUT2D eigenvalue weighted by Gasteiger charge is 2.04. The molecule has 2 N–H and O–H groups in total. The van der Waals surface area contributed by atoms with Crippen molar-refractivity contribution in [3.8, 4) is 5.88 Å². The first-order valence-corrected chi connectivity index (χ1v) is 6.10. The summed E-state index contributed by atoms with van der Waals surface area (Å²) < 4.78 is 5.19. The van der Waals surface area contributed by atoms with Crippen molar-refractivity contribution in [3.63, 3.8) is 0 Å². The number of aromatic nitrogens is 2. The third-order valence-electron chi connectivity index (χ3n) is 2.18. The van der Waals surface area contributed by atoms with Gasteiger partial charge in [0.2, 0.25) is 5.88 Å². The Bertz CT molecular complexity index is 487. The molecule has 0 saturated carbocycles. The highest BCUT2D eigenvalue weighted by Crippen LogP contribution is 2.25. The molecular weight excluding hydrogens is 234 g/mol. The average Bonchev–Trinajstić information content (AvgIpc) is 2.38. The first kappa shape index (κ1) is 11.7. The van der Waals surface area contributed by atoms with E-state index in [4.69, 9.17) is 10.5 Å². The van der Waals surface area contributed by atoms with Gasteiger partial charge in [0.25, 0.3) is 0 Å². The van der Waals surface area contributed by atoms with Crippen LogP contribution in [-0.2, 0) is 5.75 Å². The molecule has 2 heterocycles. The van der Waals surface area contributed by atoms with Crippen molar-refractivity contribution in [2.75, 3.05) is 12.8 Å². The molecule has 2 rings (SSSR count). The van der Waals surface area contributed by atoms with Gasteiger partial charge in [-0.15, -0.1) is 11.8 Å². The highest BCUT2D eigenvalue weighted by molar-refractivity contribution is 7.98. The molecule has 0 aliphatic carbocycles. The molecule has 0 radical (unpaired) electrons. The Morgan fingerprint density at radius 3 is 2.88 bits per heavy atom. The number of nitrogens with zero attached hydrogens (tertiary/aromatic N) is 2.